The lowest BCUT2D eigenvalue weighted by Gasteiger charge is -2.09. The van der Waals surface area contributed by atoms with E-state index in [4.69, 9.17) is 32.7 Å². The van der Waals surface area contributed by atoms with Crippen molar-refractivity contribution in [3.8, 4) is 11.5 Å². The van der Waals surface area contributed by atoms with E-state index in [2.05, 4.69) is 10.5 Å². The fraction of sp³-hybridized carbons (Fsp3) is 0.100. The Morgan fingerprint density at radius 3 is 2.67 bits per heavy atom. The van der Waals surface area contributed by atoms with E-state index in [9.17, 15) is 4.79 Å². The number of carbonyl (C=O) groups excluding carboxylic acids is 1. The van der Waals surface area contributed by atoms with Crippen molar-refractivity contribution >= 4 is 46.1 Å². The van der Waals surface area contributed by atoms with Crippen LogP contribution in [0.2, 0.25) is 10.0 Å². The number of carbonyl (C=O) groups is 1. The summed E-state index contributed by atoms with van der Waals surface area (Å²) in [6, 6.07) is 16.4. The number of ether oxygens (including phenoxy) is 2. The van der Waals surface area contributed by atoms with Crippen molar-refractivity contribution in [3.05, 3.63) is 70.2 Å². The summed E-state index contributed by atoms with van der Waals surface area (Å²) in [7, 11) is 1.59. The van der Waals surface area contributed by atoms with Gasteiger partial charge in [0.15, 0.2) is 6.61 Å². The zero-order chi connectivity index (χ0) is 19.2. The summed E-state index contributed by atoms with van der Waals surface area (Å²) in [6.07, 6.45) is 1.55. The minimum absolute atomic E-state index is 0.231. The van der Waals surface area contributed by atoms with Gasteiger partial charge in [-0.25, -0.2) is 5.43 Å². The average molecular weight is 403 g/mol. The summed E-state index contributed by atoms with van der Waals surface area (Å²) in [4.78, 5) is 12.0. The number of fused-ring (bicyclic) bond motifs is 1. The molecule has 0 aromatic heterocycles. The molecule has 0 heterocycles. The van der Waals surface area contributed by atoms with Crippen molar-refractivity contribution in [2.45, 2.75) is 0 Å². The van der Waals surface area contributed by atoms with E-state index in [-0.39, 0.29) is 6.61 Å². The van der Waals surface area contributed by atoms with Crippen molar-refractivity contribution in [1.82, 2.24) is 5.43 Å². The van der Waals surface area contributed by atoms with Crippen LogP contribution in [-0.4, -0.2) is 25.8 Å². The Balaban J connectivity index is 1.66. The molecule has 0 spiro atoms. The molecule has 1 amide bonds. The summed E-state index contributed by atoms with van der Waals surface area (Å²) >= 11 is 11.8. The van der Waals surface area contributed by atoms with Crippen LogP contribution >= 0.6 is 23.2 Å². The van der Waals surface area contributed by atoms with Gasteiger partial charge in [0.2, 0.25) is 0 Å². The molecule has 0 aliphatic carbocycles. The lowest BCUT2D eigenvalue weighted by Crippen LogP contribution is -2.24. The molecule has 0 aliphatic rings. The van der Waals surface area contributed by atoms with E-state index in [1.54, 1.807) is 31.5 Å². The van der Waals surface area contributed by atoms with Crippen LogP contribution in [0.1, 0.15) is 5.56 Å². The van der Waals surface area contributed by atoms with Crippen molar-refractivity contribution in [1.29, 1.82) is 0 Å². The van der Waals surface area contributed by atoms with Gasteiger partial charge in [-0.3, -0.25) is 4.79 Å². The minimum Gasteiger partial charge on any atom is -0.496 e. The van der Waals surface area contributed by atoms with Gasteiger partial charge in [0.05, 0.1) is 18.3 Å². The first-order valence-electron chi connectivity index (χ1n) is 8.04. The smallest absolute Gasteiger partial charge is 0.277 e. The molecule has 27 heavy (non-hydrogen) atoms. The van der Waals surface area contributed by atoms with Crippen LogP contribution in [0.3, 0.4) is 0 Å². The Morgan fingerprint density at radius 1 is 1.11 bits per heavy atom. The maximum absolute atomic E-state index is 12.0. The van der Waals surface area contributed by atoms with Crippen LogP contribution in [0.25, 0.3) is 10.8 Å². The van der Waals surface area contributed by atoms with E-state index in [1.165, 1.54) is 0 Å². The average Bonchev–Trinajstić information content (AvgIpc) is 2.67. The van der Waals surface area contributed by atoms with Gasteiger partial charge in [-0.2, -0.15) is 5.10 Å². The topological polar surface area (TPSA) is 59.9 Å². The molecule has 138 valence electrons. The highest BCUT2D eigenvalue weighted by molar-refractivity contribution is 6.35. The van der Waals surface area contributed by atoms with Gasteiger partial charge in [0, 0.05) is 10.6 Å². The molecule has 5 nitrogen and oxygen atoms in total. The standard InChI is InChI=1S/C20H16Cl2N2O3/c1-26-18-8-6-13-4-2-3-5-15(13)16(18)11-23-24-20(25)12-27-19-9-7-14(21)10-17(19)22/h2-11H,12H2,1H3,(H,24,25)/b23-11-. The molecule has 0 unspecified atom stereocenters. The van der Waals surface area contributed by atoms with Gasteiger partial charge < -0.3 is 9.47 Å². The van der Waals surface area contributed by atoms with Gasteiger partial charge >= 0.3 is 0 Å². The number of nitrogens with zero attached hydrogens (tertiary/aromatic N) is 1. The number of hydrogen-bond donors (Lipinski definition) is 1. The second-order valence-electron chi connectivity index (χ2n) is 5.56. The van der Waals surface area contributed by atoms with Gasteiger partial charge in [-0.05, 0) is 35.0 Å². The van der Waals surface area contributed by atoms with Gasteiger partial charge in [0.1, 0.15) is 11.5 Å². The molecule has 0 saturated heterocycles. The predicted octanol–water partition coefficient (Wildman–Crippen LogP) is 4.68. The summed E-state index contributed by atoms with van der Waals surface area (Å²) in [5, 5.41) is 6.85. The van der Waals surface area contributed by atoms with Gasteiger partial charge in [0.25, 0.3) is 5.91 Å². The maximum atomic E-state index is 12.0. The van der Waals surface area contributed by atoms with E-state index in [1.807, 2.05) is 36.4 Å². The van der Waals surface area contributed by atoms with Crippen molar-refractivity contribution in [2.75, 3.05) is 13.7 Å². The summed E-state index contributed by atoms with van der Waals surface area (Å²) < 4.78 is 10.8. The highest BCUT2D eigenvalue weighted by Crippen LogP contribution is 2.27. The molecule has 3 aromatic rings. The molecule has 3 aromatic carbocycles. The summed E-state index contributed by atoms with van der Waals surface area (Å²) in [6.45, 7) is -0.231. The van der Waals surface area contributed by atoms with Crippen LogP contribution < -0.4 is 14.9 Å². The Bertz CT molecular complexity index is 1010. The molecule has 0 atom stereocenters. The first-order chi connectivity index (χ1) is 13.1. The first kappa shape index (κ1) is 19.0. The third kappa shape index (κ3) is 4.70. The number of hydrazone groups is 1. The second kappa shape index (κ2) is 8.75. The Hall–Kier alpha value is -2.76. The SMILES string of the molecule is COc1ccc2ccccc2c1/C=N\NC(=O)COc1ccc(Cl)cc1Cl. The van der Waals surface area contributed by atoms with Gasteiger partial charge in [-0.15, -0.1) is 0 Å². The highest BCUT2D eigenvalue weighted by atomic mass is 35.5. The Labute approximate surface area is 166 Å². The third-order valence-electron chi connectivity index (χ3n) is 3.79. The van der Waals surface area contributed by atoms with Crippen molar-refractivity contribution in [3.63, 3.8) is 0 Å². The van der Waals surface area contributed by atoms with E-state index >= 15 is 0 Å². The molecule has 0 bridgehead atoms. The number of benzene rings is 3. The zero-order valence-corrected chi connectivity index (χ0v) is 15.9. The first-order valence-corrected chi connectivity index (χ1v) is 8.79. The normalized spacial score (nSPS) is 10.9. The van der Waals surface area contributed by atoms with Crippen LogP contribution in [-0.2, 0) is 4.79 Å². The number of halogens is 2. The fourth-order valence-corrected chi connectivity index (χ4v) is 2.99. The molecule has 0 aliphatic heterocycles. The Kier molecular flexibility index (Phi) is 6.16. The lowest BCUT2D eigenvalue weighted by molar-refractivity contribution is -0.123. The lowest BCUT2D eigenvalue weighted by atomic mass is 10.0. The number of rotatable bonds is 6. The predicted molar refractivity (Wildman–Crippen MR) is 108 cm³/mol. The molecule has 3 rings (SSSR count). The molecule has 1 N–H and O–H groups in total. The minimum atomic E-state index is -0.420. The number of nitrogens with one attached hydrogen (secondary N) is 1. The second-order valence-corrected chi connectivity index (χ2v) is 6.40. The monoisotopic (exact) mass is 402 g/mol. The third-order valence-corrected chi connectivity index (χ3v) is 4.32. The van der Waals surface area contributed by atoms with Crippen LogP contribution in [0.15, 0.2) is 59.7 Å². The quantitative estimate of drug-likeness (QED) is 0.480. The molecular weight excluding hydrogens is 387 g/mol. The van der Waals surface area contributed by atoms with Crippen LogP contribution in [0.5, 0.6) is 11.5 Å². The molecule has 0 saturated carbocycles. The van der Waals surface area contributed by atoms with E-state index in [0.29, 0.717) is 21.5 Å². The molecule has 0 radical (unpaired) electrons. The number of amides is 1. The van der Waals surface area contributed by atoms with Crippen molar-refractivity contribution < 1.29 is 14.3 Å². The Morgan fingerprint density at radius 2 is 1.89 bits per heavy atom. The highest BCUT2D eigenvalue weighted by Gasteiger charge is 2.08. The van der Waals surface area contributed by atoms with Crippen LogP contribution in [0.4, 0.5) is 0 Å². The molecule has 7 heteroatoms. The van der Waals surface area contributed by atoms with Crippen molar-refractivity contribution in [2.24, 2.45) is 5.10 Å². The maximum Gasteiger partial charge on any atom is 0.277 e. The number of methoxy groups -OCH3 is 1. The zero-order valence-electron chi connectivity index (χ0n) is 14.4. The molecular formula is C20H16Cl2N2O3. The van der Waals surface area contributed by atoms with E-state index < -0.39 is 5.91 Å². The fourth-order valence-electron chi connectivity index (χ4n) is 2.52. The summed E-state index contributed by atoms with van der Waals surface area (Å²) in [5.74, 6) is 0.614. The van der Waals surface area contributed by atoms with Gasteiger partial charge in [-0.1, -0.05) is 53.5 Å². The van der Waals surface area contributed by atoms with E-state index in [0.717, 1.165) is 16.3 Å². The van der Waals surface area contributed by atoms with Crippen LogP contribution in [0, 0.1) is 0 Å². The largest absolute Gasteiger partial charge is 0.496 e. The molecule has 0 fully saturated rings. The number of hydrogen-bond acceptors (Lipinski definition) is 4. The summed E-state index contributed by atoms with van der Waals surface area (Å²) in [5.41, 5.74) is 3.20.